The number of piperazine rings is 1. The van der Waals surface area contributed by atoms with Gasteiger partial charge in [-0.25, -0.2) is 0 Å². The van der Waals surface area contributed by atoms with E-state index in [1.165, 1.54) is 0 Å². The molecule has 0 aliphatic carbocycles. The fourth-order valence-electron chi connectivity index (χ4n) is 2.64. The Morgan fingerprint density at radius 3 is 2.14 bits per heavy atom. The van der Waals surface area contributed by atoms with E-state index in [2.05, 4.69) is 35.9 Å². The largest absolute Gasteiger partial charge is 0.465 e. The van der Waals surface area contributed by atoms with Crippen LogP contribution in [0.3, 0.4) is 0 Å². The van der Waals surface area contributed by atoms with Crippen LogP contribution in [0.2, 0.25) is 0 Å². The average molecular weight is 299 g/mol. The lowest BCUT2D eigenvalue weighted by atomic mass is 9.97. The third kappa shape index (κ3) is 5.24. The lowest BCUT2D eigenvalue weighted by molar-refractivity contribution is -0.150. The van der Waals surface area contributed by atoms with E-state index in [0.717, 1.165) is 39.1 Å². The van der Waals surface area contributed by atoms with Crippen molar-refractivity contribution in [2.45, 2.75) is 52.1 Å². The minimum atomic E-state index is -0.586. The number of carbonyl (C=O) groups excluding carboxylic acids is 1. The topological polar surface area (TPSA) is 44.8 Å². The fraction of sp³-hybridized carbons (Fsp3) is 0.938. The van der Waals surface area contributed by atoms with Crippen molar-refractivity contribution >= 4 is 5.97 Å². The first kappa shape index (κ1) is 18.4. The van der Waals surface area contributed by atoms with Gasteiger partial charge in [0.15, 0.2) is 0 Å². The zero-order valence-corrected chi connectivity index (χ0v) is 14.7. The summed E-state index contributed by atoms with van der Waals surface area (Å²) in [6, 6.07) is 0. The van der Waals surface area contributed by atoms with Crippen molar-refractivity contribution in [3.8, 4) is 0 Å². The van der Waals surface area contributed by atoms with Crippen LogP contribution in [0.15, 0.2) is 0 Å². The van der Waals surface area contributed by atoms with E-state index >= 15 is 0 Å². The van der Waals surface area contributed by atoms with Gasteiger partial charge in [0.05, 0.1) is 6.61 Å². The molecule has 0 aromatic carbocycles. The van der Waals surface area contributed by atoms with Crippen molar-refractivity contribution in [1.82, 2.24) is 15.1 Å². The number of hydrogen-bond acceptors (Lipinski definition) is 5. The van der Waals surface area contributed by atoms with Crippen molar-refractivity contribution in [3.05, 3.63) is 0 Å². The van der Waals surface area contributed by atoms with Crippen molar-refractivity contribution in [1.29, 1.82) is 0 Å². The summed E-state index contributed by atoms with van der Waals surface area (Å²) in [5, 5.41) is 3.12. The Morgan fingerprint density at radius 1 is 1.14 bits per heavy atom. The maximum atomic E-state index is 12.0. The zero-order valence-electron chi connectivity index (χ0n) is 14.7. The van der Waals surface area contributed by atoms with Crippen LogP contribution in [0.4, 0.5) is 0 Å². The van der Waals surface area contributed by atoms with E-state index in [1.54, 1.807) is 0 Å². The molecule has 5 nitrogen and oxygen atoms in total. The highest BCUT2D eigenvalue weighted by molar-refractivity contribution is 5.80. The number of nitrogens with zero attached hydrogens (tertiary/aromatic N) is 2. The Morgan fingerprint density at radius 2 is 1.71 bits per heavy atom. The van der Waals surface area contributed by atoms with Crippen LogP contribution in [0, 0.1) is 0 Å². The third-order valence-electron chi connectivity index (χ3n) is 4.53. The van der Waals surface area contributed by atoms with Gasteiger partial charge in [-0.3, -0.25) is 9.69 Å². The van der Waals surface area contributed by atoms with E-state index in [0.29, 0.717) is 6.61 Å². The van der Waals surface area contributed by atoms with E-state index in [4.69, 9.17) is 4.74 Å². The molecule has 124 valence electrons. The van der Waals surface area contributed by atoms with Crippen LogP contribution in [0.25, 0.3) is 0 Å². The molecule has 0 spiro atoms. The quantitative estimate of drug-likeness (QED) is 0.750. The third-order valence-corrected chi connectivity index (χ3v) is 4.53. The average Bonchev–Trinajstić information content (AvgIpc) is 2.44. The lowest BCUT2D eigenvalue weighted by Crippen LogP contribution is -2.55. The summed E-state index contributed by atoms with van der Waals surface area (Å²) < 4.78 is 5.17. The first-order chi connectivity index (χ1) is 9.73. The van der Waals surface area contributed by atoms with Crippen LogP contribution < -0.4 is 5.32 Å². The molecule has 5 heteroatoms. The molecule has 1 aliphatic rings. The molecule has 1 heterocycles. The monoisotopic (exact) mass is 299 g/mol. The SMILES string of the molecule is CCOC(=O)C(C)(CCN1CCN(C(C)(C)C)CC1)NC. The summed E-state index contributed by atoms with van der Waals surface area (Å²) in [5.74, 6) is -0.152. The van der Waals surface area contributed by atoms with E-state index < -0.39 is 5.54 Å². The number of ether oxygens (including phenoxy) is 1. The molecule has 1 unspecified atom stereocenters. The maximum Gasteiger partial charge on any atom is 0.326 e. The highest BCUT2D eigenvalue weighted by Crippen LogP contribution is 2.18. The highest BCUT2D eigenvalue weighted by atomic mass is 16.5. The second-order valence-electron chi connectivity index (χ2n) is 7.05. The normalized spacial score (nSPS) is 21.0. The molecule has 0 aromatic rings. The molecule has 0 bridgehead atoms. The molecule has 1 fully saturated rings. The first-order valence-corrected chi connectivity index (χ1v) is 8.06. The van der Waals surface area contributed by atoms with Gasteiger partial charge in [0.1, 0.15) is 5.54 Å². The van der Waals surface area contributed by atoms with Gasteiger partial charge in [-0.05, 0) is 48.1 Å². The second kappa shape index (κ2) is 7.56. The van der Waals surface area contributed by atoms with E-state index in [-0.39, 0.29) is 11.5 Å². The Balaban J connectivity index is 2.44. The van der Waals surface area contributed by atoms with Gasteiger partial charge in [-0.15, -0.1) is 0 Å². The van der Waals surface area contributed by atoms with Gasteiger partial charge in [0.25, 0.3) is 0 Å². The summed E-state index contributed by atoms with van der Waals surface area (Å²) in [7, 11) is 1.83. The molecule has 0 radical (unpaired) electrons. The number of hydrogen-bond donors (Lipinski definition) is 1. The van der Waals surface area contributed by atoms with Crippen molar-refractivity contribution in [2.24, 2.45) is 0 Å². The Labute approximate surface area is 130 Å². The lowest BCUT2D eigenvalue weighted by Gasteiger charge is -2.42. The standard InChI is InChI=1S/C16H33N3O2/c1-7-21-14(20)16(5,17-6)8-9-18-10-12-19(13-11-18)15(2,3)4/h17H,7-13H2,1-6H3. The van der Waals surface area contributed by atoms with Gasteiger partial charge in [-0.1, -0.05) is 0 Å². The van der Waals surface area contributed by atoms with Crippen LogP contribution in [-0.2, 0) is 9.53 Å². The predicted molar refractivity (Wildman–Crippen MR) is 86.5 cm³/mol. The highest BCUT2D eigenvalue weighted by Gasteiger charge is 2.34. The van der Waals surface area contributed by atoms with Crippen LogP contribution in [0.5, 0.6) is 0 Å². The Hall–Kier alpha value is -0.650. The predicted octanol–water partition coefficient (Wildman–Crippen LogP) is 1.33. The van der Waals surface area contributed by atoms with Crippen molar-refractivity contribution < 1.29 is 9.53 Å². The molecule has 0 aromatic heterocycles. The number of esters is 1. The van der Waals surface area contributed by atoms with Gasteiger partial charge in [0, 0.05) is 38.3 Å². The van der Waals surface area contributed by atoms with Gasteiger partial charge in [0.2, 0.25) is 0 Å². The molecule has 1 aliphatic heterocycles. The molecule has 0 saturated carbocycles. The summed E-state index contributed by atoms with van der Waals surface area (Å²) >= 11 is 0. The van der Waals surface area contributed by atoms with Gasteiger partial charge < -0.3 is 15.0 Å². The molecule has 21 heavy (non-hydrogen) atoms. The molecule has 1 rings (SSSR count). The Kier molecular flexibility index (Phi) is 6.63. The smallest absolute Gasteiger partial charge is 0.326 e. The van der Waals surface area contributed by atoms with Gasteiger partial charge in [-0.2, -0.15) is 0 Å². The Bertz CT molecular complexity index is 333. The summed E-state index contributed by atoms with van der Waals surface area (Å²) in [6.45, 7) is 16.3. The first-order valence-electron chi connectivity index (χ1n) is 8.06. The van der Waals surface area contributed by atoms with Crippen LogP contribution >= 0.6 is 0 Å². The van der Waals surface area contributed by atoms with Crippen LogP contribution in [0.1, 0.15) is 41.0 Å². The number of carbonyl (C=O) groups is 1. The minimum absolute atomic E-state index is 0.152. The molecular weight excluding hydrogens is 266 g/mol. The summed E-state index contributed by atoms with van der Waals surface area (Å²) in [4.78, 5) is 17.0. The molecule has 1 atom stereocenters. The zero-order chi connectivity index (χ0) is 16.1. The number of likely N-dealkylation sites (N-methyl/N-ethyl adjacent to an activating group) is 1. The molecular formula is C16H33N3O2. The number of rotatable bonds is 6. The van der Waals surface area contributed by atoms with Crippen molar-refractivity contribution in [2.75, 3.05) is 46.4 Å². The maximum absolute atomic E-state index is 12.0. The summed E-state index contributed by atoms with van der Waals surface area (Å²) in [6.07, 6.45) is 0.776. The minimum Gasteiger partial charge on any atom is -0.465 e. The fourth-order valence-corrected chi connectivity index (χ4v) is 2.64. The summed E-state index contributed by atoms with van der Waals surface area (Å²) in [5.41, 5.74) is -0.340. The van der Waals surface area contributed by atoms with Crippen LogP contribution in [-0.4, -0.2) is 73.2 Å². The number of nitrogens with one attached hydrogen (secondary N) is 1. The second-order valence-corrected chi connectivity index (χ2v) is 7.05. The molecule has 1 N–H and O–H groups in total. The van der Waals surface area contributed by atoms with Gasteiger partial charge >= 0.3 is 5.97 Å². The van der Waals surface area contributed by atoms with E-state index in [9.17, 15) is 4.79 Å². The molecule has 0 amide bonds. The van der Waals surface area contributed by atoms with Crippen molar-refractivity contribution in [3.63, 3.8) is 0 Å². The van der Waals surface area contributed by atoms with E-state index in [1.807, 2.05) is 20.9 Å². The molecule has 1 saturated heterocycles.